The SMILES string of the molecule is CC[C@H](NC(=O)Cc1c(C)[nH]c(=O)[nH]c1=O)c1ccc(C)cn1. The molecule has 3 N–H and O–H groups in total. The number of hydrogen-bond acceptors (Lipinski definition) is 4. The minimum absolute atomic E-state index is 0.0969. The molecule has 0 aromatic carbocycles. The Morgan fingerprint density at radius 2 is 2.00 bits per heavy atom. The van der Waals surface area contributed by atoms with Crippen LogP contribution in [0.5, 0.6) is 0 Å². The molecule has 0 unspecified atom stereocenters. The first-order chi connectivity index (χ1) is 10.9. The monoisotopic (exact) mass is 316 g/mol. The lowest BCUT2D eigenvalue weighted by atomic mass is 10.1. The molecule has 0 saturated heterocycles. The molecule has 0 aliphatic heterocycles. The third kappa shape index (κ3) is 4.15. The normalized spacial score (nSPS) is 12.0. The van der Waals surface area contributed by atoms with Crippen molar-refractivity contribution in [2.24, 2.45) is 0 Å². The molecule has 0 saturated carbocycles. The quantitative estimate of drug-likeness (QED) is 0.761. The Balaban J connectivity index is 2.13. The minimum atomic E-state index is -0.577. The van der Waals surface area contributed by atoms with Crippen LogP contribution in [0.3, 0.4) is 0 Å². The highest BCUT2D eigenvalue weighted by Crippen LogP contribution is 2.14. The number of pyridine rings is 1. The second-order valence-electron chi connectivity index (χ2n) is 5.48. The first kappa shape index (κ1) is 16.7. The Morgan fingerprint density at radius 1 is 1.26 bits per heavy atom. The van der Waals surface area contributed by atoms with Crippen LogP contribution in [0, 0.1) is 13.8 Å². The minimum Gasteiger partial charge on any atom is -0.347 e. The van der Waals surface area contributed by atoms with Gasteiger partial charge in [0, 0.05) is 17.5 Å². The Bertz CT molecular complexity index is 805. The van der Waals surface area contributed by atoms with Gasteiger partial charge in [0.15, 0.2) is 0 Å². The molecule has 0 radical (unpaired) electrons. The lowest BCUT2D eigenvalue weighted by Crippen LogP contribution is -2.34. The Hall–Kier alpha value is -2.70. The van der Waals surface area contributed by atoms with Crippen molar-refractivity contribution in [1.29, 1.82) is 0 Å². The fraction of sp³-hybridized carbons (Fsp3) is 0.375. The van der Waals surface area contributed by atoms with Crippen LogP contribution in [-0.2, 0) is 11.2 Å². The van der Waals surface area contributed by atoms with Crippen LogP contribution in [0.25, 0.3) is 0 Å². The number of nitrogens with zero attached hydrogens (tertiary/aromatic N) is 1. The summed E-state index contributed by atoms with van der Waals surface area (Å²) in [5.41, 5.74) is 1.36. The van der Waals surface area contributed by atoms with Crippen molar-refractivity contribution in [2.75, 3.05) is 0 Å². The highest BCUT2D eigenvalue weighted by Gasteiger charge is 2.16. The lowest BCUT2D eigenvalue weighted by Gasteiger charge is -2.17. The number of aromatic amines is 2. The van der Waals surface area contributed by atoms with E-state index < -0.39 is 11.2 Å². The molecule has 122 valence electrons. The standard InChI is InChI=1S/C16H20N4O3/c1-4-12(13-6-5-9(2)8-17-13)19-14(21)7-11-10(3)18-16(23)20-15(11)22/h5-6,8,12H,4,7H2,1-3H3,(H,19,21)(H2,18,20,22,23)/t12-/m0/s1. The van der Waals surface area contributed by atoms with Crippen LogP contribution in [0.1, 0.15) is 41.9 Å². The third-order valence-electron chi connectivity index (χ3n) is 3.63. The molecule has 23 heavy (non-hydrogen) atoms. The Kier molecular flexibility index (Phi) is 5.10. The van der Waals surface area contributed by atoms with Crippen molar-refractivity contribution in [3.8, 4) is 0 Å². The maximum atomic E-state index is 12.2. The second kappa shape index (κ2) is 7.04. The lowest BCUT2D eigenvalue weighted by molar-refractivity contribution is -0.121. The van der Waals surface area contributed by atoms with Crippen molar-refractivity contribution in [1.82, 2.24) is 20.3 Å². The van der Waals surface area contributed by atoms with Crippen LogP contribution in [0.2, 0.25) is 0 Å². The summed E-state index contributed by atoms with van der Waals surface area (Å²) >= 11 is 0. The van der Waals surface area contributed by atoms with Gasteiger partial charge in [-0.1, -0.05) is 13.0 Å². The van der Waals surface area contributed by atoms with E-state index in [0.29, 0.717) is 12.1 Å². The molecule has 7 heteroatoms. The zero-order chi connectivity index (χ0) is 17.0. The van der Waals surface area contributed by atoms with Gasteiger partial charge < -0.3 is 10.3 Å². The summed E-state index contributed by atoms with van der Waals surface area (Å²) < 4.78 is 0. The highest BCUT2D eigenvalue weighted by atomic mass is 16.2. The molecule has 0 aliphatic rings. The molecular formula is C16H20N4O3. The van der Waals surface area contributed by atoms with Gasteiger partial charge in [0.25, 0.3) is 5.56 Å². The van der Waals surface area contributed by atoms with Crippen molar-refractivity contribution in [3.63, 3.8) is 0 Å². The van der Waals surface area contributed by atoms with Crippen LogP contribution < -0.4 is 16.6 Å². The fourth-order valence-electron chi connectivity index (χ4n) is 2.32. The number of aryl methyl sites for hydroxylation is 2. The fourth-order valence-corrected chi connectivity index (χ4v) is 2.32. The summed E-state index contributed by atoms with van der Waals surface area (Å²) in [5.74, 6) is -0.292. The van der Waals surface area contributed by atoms with Crippen LogP contribution in [0.4, 0.5) is 0 Å². The van der Waals surface area contributed by atoms with Gasteiger partial charge in [-0.2, -0.15) is 0 Å². The number of hydrogen-bond donors (Lipinski definition) is 3. The van der Waals surface area contributed by atoms with Crippen LogP contribution >= 0.6 is 0 Å². The van der Waals surface area contributed by atoms with E-state index in [2.05, 4.69) is 20.3 Å². The number of carbonyl (C=O) groups excluding carboxylic acids is 1. The van der Waals surface area contributed by atoms with E-state index >= 15 is 0 Å². The van der Waals surface area contributed by atoms with Crippen LogP contribution in [0.15, 0.2) is 27.9 Å². The summed E-state index contributed by atoms with van der Waals surface area (Å²) in [6.07, 6.45) is 2.34. The number of rotatable bonds is 5. The maximum absolute atomic E-state index is 12.2. The van der Waals surface area contributed by atoms with Gasteiger partial charge in [-0.05, 0) is 31.9 Å². The zero-order valence-electron chi connectivity index (χ0n) is 13.4. The summed E-state index contributed by atoms with van der Waals surface area (Å²) in [6.45, 7) is 5.49. The van der Waals surface area contributed by atoms with E-state index in [0.717, 1.165) is 11.3 Å². The molecule has 2 rings (SSSR count). The summed E-state index contributed by atoms with van der Waals surface area (Å²) in [7, 11) is 0. The van der Waals surface area contributed by atoms with E-state index in [9.17, 15) is 14.4 Å². The van der Waals surface area contributed by atoms with Gasteiger partial charge in [-0.3, -0.25) is 19.6 Å². The molecule has 0 fully saturated rings. The van der Waals surface area contributed by atoms with Gasteiger partial charge in [0.2, 0.25) is 5.91 Å². The molecule has 2 aromatic rings. The molecular weight excluding hydrogens is 296 g/mol. The van der Waals surface area contributed by atoms with Gasteiger partial charge >= 0.3 is 5.69 Å². The Morgan fingerprint density at radius 3 is 2.57 bits per heavy atom. The summed E-state index contributed by atoms with van der Waals surface area (Å²) in [6, 6.07) is 3.60. The zero-order valence-corrected chi connectivity index (χ0v) is 13.4. The van der Waals surface area contributed by atoms with Crippen LogP contribution in [-0.4, -0.2) is 20.9 Å². The first-order valence-corrected chi connectivity index (χ1v) is 7.44. The molecule has 2 heterocycles. The second-order valence-corrected chi connectivity index (χ2v) is 5.48. The van der Waals surface area contributed by atoms with E-state index in [4.69, 9.17) is 0 Å². The molecule has 0 spiro atoms. The van der Waals surface area contributed by atoms with Gasteiger partial charge in [-0.25, -0.2) is 4.79 Å². The number of carbonyl (C=O) groups is 1. The van der Waals surface area contributed by atoms with Crippen molar-refractivity contribution >= 4 is 5.91 Å². The van der Waals surface area contributed by atoms with E-state index in [1.807, 2.05) is 26.0 Å². The molecule has 1 amide bonds. The van der Waals surface area contributed by atoms with Crippen molar-refractivity contribution in [2.45, 2.75) is 39.7 Å². The molecule has 0 aliphatic carbocycles. The average Bonchev–Trinajstić information content (AvgIpc) is 2.49. The first-order valence-electron chi connectivity index (χ1n) is 7.44. The highest BCUT2D eigenvalue weighted by molar-refractivity contribution is 5.79. The van der Waals surface area contributed by atoms with Crippen molar-refractivity contribution in [3.05, 3.63) is 61.7 Å². The van der Waals surface area contributed by atoms with Gasteiger partial charge in [0.1, 0.15) is 0 Å². The van der Waals surface area contributed by atoms with Gasteiger partial charge in [-0.15, -0.1) is 0 Å². The topological polar surface area (TPSA) is 108 Å². The Labute approximate surface area is 133 Å². The number of amides is 1. The summed E-state index contributed by atoms with van der Waals surface area (Å²) in [5, 5.41) is 2.87. The number of H-pyrrole nitrogens is 2. The van der Waals surface area contributed by atoms with Gasteiger partial charge in [0.05, 0.1) is 18.2 Å². The molecule has 7 nitrogen and oxygen atoms in total. The maximum Gasteiger partial charge on any atom is 0.325 e. The van der Waals surface area contributed by atoms with E-state index in [1.165, 1.54) is 0 Å². The predicted molar refractivity (Wildman–Crippen MR) is 86.3 cm³/mol. The summed E-state index contributed by atoms with van der Waals surface area (Å²) in [4.78, 5) is 44.1. The average molecular weight is 316 g/mol. The predicted octanol–water partition coefficient (Wildman–Crippen LogP) is 0.885. The smallest absolute Gasteiger partial charge is 0.325 e. The van der Waals surface area contributed by atoms with E-state index in [1.54, 1.807) is 13.1 Å². The van der Waals surface area contributed by atoms with E-state index in [-0.39, 0.29) is 23.9 Å². The molecule has 1 atom stereocenters. The van der Waals surface area contributed by atoms with Crippen molar-refractivity contribution < 1.29 is 4.79 Å². The molecule has 2 aromatic heterocycles. The molecule has 0 bridgehead atoms. The number of nitrogens with one attached hydrogen (secondary N) is 3. The third-order valence-corrected chi connectivity index (χ3v) is 3.63. The largest absolute Gasteiger partial charge is 0.347 e. The number of aromatic nitrogens is 3.